The zero-order valence-electron chi connectivity index (χ0n) is 15.2. The van der Waals surface area contributed by atoms with Gasteiger partial charge in [-0.15, -0.1) is 0 Å². The fourth-order valence-electron chi connectivity index (χ4n) is 2.51. The van der Waals surface area contributed by atoms with E-state index in [1.807, 2.05) is 30.3 Å². The Balaban J connectivity index is 1.52. The summed E-state index contributed by atoms with van der Waals surface area (Å²) < 4.78 is 12.2. The van der Waals surface area contributed by atoms with Crippen molar-refractivity contribution in [2.45, 2.75) is 13.1 Å². The van der Waals surface area contributed by atoms with Gasteiger partial charge in [0.1, 0.15) is 0 Å². The van der Waals surface area contributed by atoms with Crippen LogP contribution in [0.5, 0.6) is 11.5 Å². The number of methoxy groups -OCH3 is 2. The molecule has 0 aliphatic rings. The molecule has 0 aliphatic heterocycles. The first-order valence-corrected chi connectivity index (χ1v) is 8.37. The van der Waals surface area contributed by atoms with Gasteiger partial charge in [0.15, 0.2) is 17.3 Å². The standard InChI is InChI=1S/C19H21N5O3/c1-26-16-7-6-14(11-17(16)27-2)12-21-19(25)22-18-8-10-24(23-18)13-15-5-3-4-9-20-15/h3-11H,12-13H2,1-2H3,(H2,21,22,23,25). The van der Waals surface area contributed by atoms with Gasteiger partial charge in [-0.3, -0.25) is 15.0 Å². The van der Waals surface area contributed by atoms with Gasteiger partial charge in [-0.05, 0) is 29.8 Å². The van der Waals surface area contributed by atoms with Gasteiger partial charge in [-0.1, -0.05) is 12.1 Å². The molecule has 2 N–H and O–H groups in total. The van der Waals surface area contributed by atoms with E-state index < -0.39 is 0 Å². The molecule has 0 unspecified atom stereocenters. The highest BCUT2D eigenvalue weighted by Gasteiger charge is 2.08. The minimum atomic E-state index is -0.340. The quantitative estimate of drug-likeness (QED) is 0.670. The van der Waals surface area contributed by atoms with E-state index in [0.29, 0.717) is 30.4 Å². The number of anilines is 1. The van der Waals surface area contributed by atoms with Crippen molar-refractivity contribution in [1.29, 1.82) is 0 Å². The van der Waals surface area contributed by atoms with Gasteiger partial charge in [0.2, 0.25) is 0 Å². The first-order valence-electron chi connectivity index (χ1n) is 8.37. The van der Waals surface area contributed by atoms with Crippen LogP contribution in [0.1, 0.15) is 11.3 Å². The van der Waals surface area contributed by atoms with E-state index >= 15 is 0 Å². The Morgan fingerprint density at radius 1 is 1.11 bits per heavy atom. The van der Waals surface area contributed by atoms with Crippen LogP contribution in [0.4, 0.5) is 10.6 Å². The van der Waals surface area contributed by atoms with E-state index in [4.69, 9.17) is 9.47 Å². The normalized spacial score (nSPS) is 10.3. The number of rotatable bonds is 7. The predicted octanol–water partition coefficient (Wildman–Crippen LogP) is 2.67. The number of hydrogen-bond donors (Lipinski definition) is 2. The van der Waals surface area contributed by atoms with Gasteiger partial charge in [0.05, 0.1) is 26.5 Å². The molecule has 0 aliphatic carbocycles. The summed E-state index contributed by atoms with van der Waals surface area (Å²) in [6.07, 6.45) is 3.53. The molecule has 0 atom stereocenters. The molecule has 0 saturated carbocycles. The summed E-state index contributed by atoms with van der Waals surface area (Å²) in [5, 5.41) is 9.82. The lowest BCUT2D eigenvalue weighted by molar-refractivity contribution is 0.251. The van der Waals surface area contributed by atoms with Crippen molar-refractivity contribution in [3.8, 4) is 11.5 Å². The number of nitrogens with one attached hydrogen (secondary N) is 2. The van der Waals surface area contributed by atoms with Crippen LogP contribution in [0.25, 0.3) is 0 Å². The lowest BCUT2D eigenvalue weighted by Crippen LogP contribution is -2.28. The molecule has 0 radical (unpaired) electrons. The van der Waals surface area contributed by atoms with Gasteiger partial charge in [-0.25, -0.2) is 4.79 Å². The molecular formula is C19H21N5O3. The van der Waals surface area contributed by atoms with Crippen molar-refractivity contribution in [2.24, 2.45) is 0 Å². The highest BCUT2D eigenvalue weighted by molar-refractivity contribution is 5.88. The first kappa shape index (κ1) is 18.2. The lowest BCUT2D eigenvalue weighted by atomic mass is 10.2. The number of nitrogens with zero attached hydrogens (tertiary/aromatic N) is 3. The molecule has 3 aromatic rings. The zero-order chi connectivity index (χ0) is 19.1. The van der Waals surface area contributed by atoms with Gasteiger partial charge in [0.25, 0.3) is 0 Å². The second kappa shape index (κ2) is 8.70. The number of ether oxygens (including phenoxy) is 2. The summed E-state index contributed by atoms with van der Waals surface area (Å²) in [6.45, 7) is 0.886. The lowest BCUT2D eigenvalue weighted by Gasteiger charge is -2.10. The van der Waals surface area contributed by atoms with Gasteiger partial charge < -0.3 is 14.8 Å². The molecule has 8 nitrogen and oxygen atoms in total. The largest absolute Gasteiger partial charge is 0.493 e. The fraction of sp³-hybridized carbons (Fsp3) is 0.211. The summed E-state index contributed by atoms with van der Waals surface area (Å²) >= 11 is 0. The average molecular weight is 367 g/mol. The van der Waals surface area contributed by atoms with Crippen molar-refractivity contribution < 1.29 is 14.3 Å². The average Bonchev–Trinajstić information content (AvgIpc) is 3.13. The minimum Gasteiger partial charge on any atom is -0.493 e. The minimum absolute atomic E-state index is 0.340. The van der Waals surface area contributed by atoms with Gasteiger partial charge >= 0.3 is 6.03 Å². The van der Waals surface area contributed by atoms with Crippen molar-refractivity contribution in [2.75, 3.05) is 19.5 Å². The third-order valence-electron chi connectivity index (χ3n) is 3.83. The Bertz CT molecular complexity index is 895. The third kappa shape index (κ3) is 4.97. The van der Waals surface area contributed by atoms with E-state index in [1.165, 1.54) is 0 Å². The molecule has 2 amide bonds. The highest BCUT2D eigenvalue weighted by atomic mass is 16.5. The Kier molecular flexibility index (Phi) is 5.88. The van der Waals surface area contributed by atoms with Crippen molar-refractivity contribution in [3.63, 3.8) is 0 Å². The number of carbonyl (C=O) groups is 1. The van der Waals surface area contributed by atoms with Crippen LogP contribution in [0.2, 0.25) is 0 Å². The second-order valence-electron chi connectivity index (χ2n) is 5.72. The van der Waals surface area contributed by atoms with Crippen LogP contribution in [-0.4, -0.2) is 35.0 Å². The third-order valence-corrected chi connectivity index (χ3v) is 3.83. The van der Waals surface area contributed by atoms with Crippen LogP contribution in [0.15, 0.2) is 54.9 Å². The smallest absolute Gasteiger partial charge is 0.320 e. The molecule has 0 saturated heterocycles. The van der Waals surface area contributed by atoms with Crippen LogP contribution in [0, 0.1) is 0 Å². The topological polar surface area (TPSA) is 90.3 Å². The van der Waals surface area contributed by atoms with E-state index in [0.717, 1.165) is 11.3 Å². The Hall–Kier alpha value is -3.55. The molecule has 2 aromatic heterocycles. The van der Waals surface area contributed by atoms with Crippen LogP contribution in [0.3, 0.4) is 0 Å². The Morgan fingerprint density at radius 2 is 1.96 bits per heavy atom. The second-order valence-corrected chi connectivity index (χ2v) is 5.72. The van der Waals surface area contributed by atoms with E-state index in [-0.39, 0.29) is 6.03 Å². The summed E-state index contributed by atoms with van der Waals surface area (Å²) in [6, 6.07) is 12.6. The number of carbonyl (C=O) groups excluding carboxylic acids is 1. The van der Waals surface area contributed by atoms with Crippen LogP contribution < -0.4 is 20.1 Å². The zero-order valence-corrected chi connectivity index (χ0v) is 15.2. The fourth-order valence-corrected chi connectivity index (χ4v) is 2.51. The number of aromatic nitrogens is 3. The molecule has 0 spiro atoms. The monoisotopic (exact) mass is 367 g/mol. The van der Waals surface area contributed by atoms with Crippen LogP contribution in [-0.2, 0) is 13.1 Å². The summed E-state index contributed by atoms with van der Waals surface area (Å²) in [5.41, 5.74) is 1.79. The SMILES string of the molecule is COc1ccc(CNC(=O)Nc2ccn(Cc3ccccn3)n2)cc1OC. The molecule has 0 fully saturated rings. The first-order chi connectivity index (χ1) is 13.2. The molecule has 1 aromatic carbocycles. The summed E-state index contributed by atoms with van der Waals surface area (Å²) in [7, 11) is 3.15. The van der Waals surface area contributed by atoms with Crippen molar-refractivity contribution in [3.05, 3.63) is 66.1 Å². The maximum atomic E-state index is 12.1. The number of hydrogen-bond acceptors (Lipinski definition) is 5. The van der Waals surface area contributed by atoms with E-state index in [9.17, 15) is 4.79 Å². The molecule has 2 heterocycles. The van der Waals surface area contributed by atoms with Crippen molar-refractivity contribution in [1.82, 2.24) is 20.1 Å². The highest BCUT2D eigenvalue weighted by Crippen LogP contribution is 2.27. The van der Waals surface area contributed by atoms with E-state index in [1.54, 1.807) is 43.4 Å². The molecular weight excluding hydrogens is 346 g/mol. The maximum Gasteiger partial charge on any atom is 0.320 e. The number of benzene rings is 1. The number of urea groups is 1. The summed E-state index contributed by atoms with van der Waals surface area (Å²) in [5.74, 6) is 1.73. The predicted molar refractivity (Wildman–Crippen MR) is 101 cm³/mol. The molecule has 27 heavy (non-hydrogen) atoms. The van der Waals surface area contributed by atoms with Gasteiger partial charge in [-0.2, -0.15) is 5.10 Å². The molecule has 8 heteroatoms. The van der Waals surface area contributed by atoms with E-state index in [2.05, 4.69) is 20.7 Å². The van der Waals surface area contributed by atoms with Crippen molar-refractivity contribution >= 4 is 11.8 Å². The summed E-state index contributed by atoms with van der Waals surface area (Å²) in [4.78, 5) is 16.3. The Labute approximate surface area is 157 Å². The number of pyridine rings is 1. The van der Waals surface area contributed by atoms with Gasteiger partial charge in [0, 0.05) is 25.0 Å². The molecule has 3 rings (SSSR count). The number of amides is 2. The maximum absolute atomic E-state index is 12.1. The molecule has 140 valence electrons. The van der Waals surface area contributed by atoms with Crippen LogP contribution >= 0.6 is 0 Å². The Morgan fingerprint density at radius 3 is 2.70 bits per heavy atom. The molecule has 0 bridgehead atoms.